The second-order valence-corrected chi connectivity index (χ2v) is 7.95. The number of benzene rings is 1. The van der Waals surface area contributed by atoms with Gasteiger partial charge in [-0.2, -0.15) is 4.98 Å². The number of carbonyl (C=O) groups is 1. The van der Waals surface area contributed by atoms with Crippen LogP contribution in [0, 0.1) is 13.8 Å². The lowest BCUT2D eigenvalue weighted by Gasteiger charge is -2.33. The first-order chi connectivity index (χ1) is 14.0. The Balaban J connectivity index is 1.46. The summed E-state index contributed by atoms with van der Waals surface area (Å²) in [7, 11) is 0. The number of carbonyl (C=O) groups excluding carboxylic acids is 1. The number of hydrogen-bond donors (Lipinski definition) is 1. The van der Waals surface area contributed by atoms with Crippen LogP contribution in [0.4, 0.5) is 0 Å². The minimum absolute atomic E-state index is 0.147. The third kappa shape index (κ3) is 4.29. The smallest absolute Gasteiger partial charge is 0.291 e. The molecule has 7 heteroatoms. The quantitative estimate of drug-likeness (QED) is 0.722. The van der Waals surface area contributed by atoms with Gasteiger partial charge >= 0.3 is 0 Å². The van der Waals surface area contributed by atoms with Crippen molar-refractivity contribution in [2.75, 3.05) is 6.54 Å². The van der Waals surface area contributed by atoms with Crippen LogP contribution < -0.4 is 5.32 Å². The third-order valence-corrected chi connectivity index (χ3v) is 5.69. The molecule has 1 aliphatic rings. The number of rotatable bonds is 5. The number of fused-ring (bicyclic) bond motifs is 1. The van der Waals surface area contributed by atoms with E-state index in [1.54, 1.807) is 4.52 Å². The fraction of sp³-hybridized carbons (Fsp3) is 0.455. The molecule has 1 aromatic carbocycles. The van der Waals surface area contributed by atoms with Gasteiger partial charge in [0.25, 0.3) is 11.7 Å². The molecule has 152 valence electrons. The molecule has 1 N–H and O–H groups in total. The van der Waals surface area contributed by atoms with Crippen LogP contribution in [0.1, 0.15) is 59.3 Å². The van der Waals surface area contributed by atoms with Crippen LogP contribution in [0.15, 0.2) is 30.3 Å². The fourth-order valence-corrected chi connectivity index (χ4v) is 4.01. The van der Waals surface area contributed by atoms with Crippen LogP contribution >= 0.6 is 0 Å². The van der Waals surface area contributed by atoms with Crippen LogP contribution in [-0.2, 0) is 13.1 Å². The second kappa shape index (κ2) is 8.29. The lowest BCUT2D eigenvalue weighted by Crippen LogP contribution is -2.37. The van der Waals surface area contributed by atoms with Crippen LogP contribution in [0.2, 0.25) is 0 Å². The summed E-state index contributed by atoms with van der Waals surface area (Å²) < 4.78 is 1.60. The van der Waals surface area contributed by atoms with Crippen molar-refractivity contribution < 1.29 is 4.79 Å². The Morgan fingerprint density at radius 1 is 1.17 bits per heavy atom. The molecule has 3 heterocycles. The topological polar surface area (TPSA) is 75.4 Å². The molecule has 1 amide bonds. The molecule has 0 saturated carbocycles. The molecule has 0 spiro atoms. The minimum Gasteiger partial charge on any atom is -0.345 e. The van der Waals surface area contributed by atoms with E-state index in [4.69, 9.17) is 0 Å². The fourth-order valence-electron chi connectivity index (χ4n) is 4.01. The highest BCUT2D eigenvalue weighted by Crippen LogP contribution is 2.21. The summed E-state index contributed by atoms with van der Waals surface area (Å²) >= 11 is 0. The van der Waals surface area contributed by atoms with Gasteiger partial charge in [-0.15, -0.1) is 5.10 Å². The molecule has 29 heavy (non-hydrogen) atoms. The molecule has 7 nitrogen and oxygen atoms in total. The Labute approximate surface area is 171 Å². The highest BCUT2D eigenvalue weighted by molar-refractivity contribution is 5.90. The maximum absolute atomic E-state index is 12.6. The summed E-state index contributed by atoms with van der Waals surface area (Å²) in [5, 5.41) is 7.29. The zero-order chi connectivity index (χ0) is 20.4. The van der Waals surface area contributed by atoms with Gasteiger partial charge in [-0.25, -0.2) is 9.50 Å². The largest absolute Gasteiger partial charge is 0.345 e. The maximum Gasteiger partial charge on any atom is 0.291 e. The van der Waals surface area contributed by atoms with Crippen LogP contribution in [0.25, 0.3) is 5.78 Å². The van der Waals surface area contributed by atoms with Gasteiger partial charge in [0.2, 0.25) is 5.82 Å². The van der Waals surface area contributed by atoms with Gasteiger partial charge in [0.15, 0.2) is 0 Å². The Morgan fingerprint density at radius 3 is 2.76 bits per heavy atom. The van der Waals surface area contributed by atoms with E-state index >= 15 is 0 Å². The third-order valence-electron chi connectivity index (χ3n) is 5.69. The van der Waals surface area contributed by atoms with Crippen molar-refractivity contribution in [3.05, 3.63) is 58.7 Å². The molecule has 1 unspecified atom stereocenters. The van der Waals surface area contributed by atoms with Crippen molar-refractivity contribution in [1.29, 1.82) is 0 Å². The zero-order valence-electron chi connectivity index (χ0n) is 17.4. The summed E-state index contributed by atoms with van der Waals surface area (Å²) in [6.07, 6.45) is 3.83. The highest BCUT2D eigenvalue weighted by Gasteiger charge is 2.20. The average molecular weight is 393 g/mol. The number of aryl methyl sites for hydroxylation is 2. The number of hydrogen-bond acceptors (Lipinski definition) is 5. The lowest BCUT2D eigenvalue weighted by atomic mass is 10.0. The normalized spacial score (nSPS) is 17.6. The summed E-state index contributed by atoms with van der Waals surface area (Å²) in [5.41, 5.74) is 4.15. The first-order valence-electron chi connectivity index (χ1n) is 10.3. The van der Waals surface area contributed by atoms with E-state index < -0.39 is 0 Å². The molecule has 0 radical (unpaired) electrons. The summed E-state index contributed by atoms with van der Waals surface area (Å²) in [6.45, 7) is 8.65. The van der Waals surface area contributed by atoms with Crippen LogP contribution in [0.3, 0.4) is 0 Å². The number of piperidine rings is 1. The SMILES string of the molecule is Cc1cc(C)n2nc(C(=O)NCc3ccccc3CN3CCCCC3C)nc2n1. The molecule has 0 bridgehead atoms. The van der Waals surface area contributed by atoms with Gasteiger partial charge in [0.1, 0.15) is 0 Å². The Bertz CT molecular complexity index is 1030. The standard InChI is InChI=1S/C22H28N6O/c1-15-12-17(3)28-22(24-15)25-20(26-28)21(29)23-13-18-9-4-5-10-19(18)14-27-11-7-6-8-16(27)2/h4-5,9-10,12,16H,6-8,11,13-14H2,1-3H3,(H,23,29). The second-order valence-electron chi connectivity index (χ2n) is 7.95. The van der Waals surface area contributed by atoms with Crippen LogP contribution in [-0.4, -0.2) is 43.0 Å². The molecule has 4 rings (SSSR count). The molecule has 3 aromatic rings. The molecule has 1 fully saturated rings. The van der Waals surface area contributed by atoms with Gasteiger partial charge in [-0.1, -0.05) is 30.7 Å². The molecular formula is C22H28N6O. The van der Waals surface area contributed by atoms with Crippen molar-refractivity contribution in [3.8, 4) is 0 Å². The average Bonchev–Trinajstić information content (AvgIpc) is 3.13. The molecular weight excluding hydrogens is 364 g/mol. The number of nitrogens with one attached hydrogen (secondary N) is 1. The number of aromatic nitrogens is 4. The van der Waals surface area contributed by atoms with Gasteiger partial charge in [0.05, 0.1) is 0 Å². The van der Waals surface area contributed by atoms with Crippen molar-refractivity contribution in [3.63, 3.8) is 0 Å². The first-order valence-corrected chi connectivity index (χ1v) is 10.3. The molecule has 2 aromatic heterocycles. The van der Waals surface area contributed by atoms with Crippen molar-refractivity contribution in [2.45, 2.75) is 59.2 Å². The Hall–Kier alpha value is -2.80. The van der Waals surface area contributed by atoms with Crippen molar-refractivity contribution >= 4 is 11.7 Å². The zero-order valence-corrected chi connectivity index (χ0v) is 17.4. The van der Waals surface area contributed by atoms with E-state index in [0.29, 0.717) is 18.4 Å². The maximum atomic E-state index is 12.6. The van der Waals surface area contributed by atoms with Crippen molar-refractivity contribution in [2.24, 2.45) is 0 Å². The lowest BCUT2D eigenvalue weighted by molar-refractivity contribution is 0.0940. The van der Waals surface area contributed by atoms with E-state index in [2.05, 4.69) is 50.4 Å². The van der Waals surface area contributed by atoms with Crippen LogP contribution in [0.5, 0.6) is 0 Å². The predicted molar refractivity (Wildman–Crippen MR) is 112 cm³/mol. The van der Waals surface area contributed by atoms with E-state index in [-0.39, 0.29) is 11.7 Å². The van der Waals surface area contributed by atoms with E-state index in [0.717, 1.165) is 30.0 Å². The molecule has 0 aliphatic carbocycles. The van der Waals surface area contributed by atoms with Gasteiger partial charge < -0.3 is 5.32 Å². The van der Waals surface area contributed by atoms with E-state index in [1.165, 1.54) is 24.8 Å². The molecule has 1 aliphatic heterocycles. The number of likely N-dealkylation sites (tertiary alicyclic amines) is 1. The van der Waals surface area contributed by atoms with Crippen molar-refractivity contribution in [1.82, 2.24) is 29.8 Å². The minimum atomic E-state index is -0.284. The molecule has 1 atom stereocenters. The molecule has 1 saturated heterocycles. The van der Waals surface area contributed by atoms with E-state index in [9.17, 15) is 4.79 Å². The van der Waals surface area contributed by atoms with Gasteiger partial charge in [-0.05, 0) is 57.4 Å². The number of amides is 1. The Morgan fingerprint density at radius 2 is 1.97 bits per heavy atom. The summed E-state index contributed by atoms with van der Waals surface area (Å²) in [5.74, 6) is 0.314. The predicted octanol–water partition coefficient (Wildman–Crippen LogP) is 3.05. The van der Waals surface area contributed by atoms with E-state index in [1.807, 2.05) is 26.0 Å². The van der Waals surface area contributed by atoms with Gasteiger partial charge in [-0.3, -0.25) is 9.69 Å². The Kier molecular flexibility index (Phi) is 5.58. The first kappa shape index (κ1) is 19.5. The number of nitrogens with zero attached hydrogens (tertiary/aromatic N) is 5. The summed E-state index contributed by atoms with van der Waals surface area (Å²) in [4.78, 5) is 23.8. The van der Waals surface area contributed by atoms with Gasteiger partial charge in [0, 0.05) is 30.5 Å². The summed E-state index contributed by atoms with van der Waals surface area (Å²) in [6, 6.07) is 10.8. The monoisotopic (exact) mass is 392 g/mol. The highest BCUT2D eigenvalue weighted by atomic mass is 16.2.